The fourth-order valence-corrected chi connectivity index (χ4v) is 5.19. The molecule has 5 aromatic rings. The first-order valence-electron chi connectivity index (χ1n) is 15.0. The van der Waals surface area contributed by atoms with Gasteiger partial charge in [0.05, 0.1) is 13.7 Å². The van der Waals surface area contributed by atoms with Crippen LogP contribution in [0.4, 0.5) is 10.6 Å². The van der Waals surface area contributed by atoms with E-state index in [0.717, 1.165) is 28.9 Å². The summed E-state index contributed by atoms with van der Waals surface area (Å²) in [6.07, 6.45) is 2.16. The fraction of sp³-hybridized carbons (Fsp3) is 0.286. The highest BCUT2D eigenvalue weighted by molar-refractivity contribution is 5.93. The van der Waals surface area contributed by atoms with Gasteiger partial charge in [0.1, 0.15) is 39.7 Å². The molecule has 0 aliphatic carbocycles. The van der Waals surface area contributed by atoms with Crippen molar-refractivity contribution in [3.05, 3.63) is 96.7 Å². The largest absolute Gasteiger partial charge is 0.497 e. The molecule has 1 N–H and O–H groups in total. The molecule has 0 saturated carbocycles. The van der Waals surface area contributed by atoms with Crippen LogP contribution in [0.25, 0.3) is 11.0 Å². The molecule has 1 aliphatic heterocycles. The van der Waals surface area contributed by atoms with Gasteiger partial charge in [0, 0.05) is 37.5 Å². The number of aromatic nitrogens is 3. The monoisotopic (exact) mass is 607 g/mol. The van der Waals surface area contributed by atoms with Crippen molar-refractivity contribution < 1.29 is 23.7 Å². The maximum atomic E-state index is 12.7. The van der Waals surface area contributed by atoms with Crippen molar-refractivity contribution >= 4 is 22.9 Å². The predicted octanol–water partition coefficient (Wildman–Crippen LogP) is 7.49. The molecule has 1 saturated heterocycles. The summed E-state index contributed by atoms with van der Waals surface area (Å²) in [5.74, 6) is 4.03. The first kappa shape index (κ1) is 29.8. The number of amides is 1. The van der Waals surface area contributed by atoms with Crippen molar-refractivity contribution in [1.29, 1.82) is 0 Å². The van der Waals surface area contributed by atoms with Gasteiger partial charge in [0.15, 0.2) is 11.5 Å². The summed E-state index contributed by atoms with van der Waals surface area (Å²) < 4.78 is 25.3. The minimum absolute atomic E-state index is 0.0271. The average Bonchev–Trinajstić information content (AvgIpc) is 3.63. The number of methoxy groups -OCH3 is 1. The summed E-state index contributed by atoms with van der Waals surface area (Å²) >= 11 is 0. The molecule has 45 heavy (non-hydrogen) atoms. The van der Waals surface area contributed by atoms with Crippen molar-refractivity contribution in [3.63, 3.8) is 0 Å². The predicted molar refractivity (Wildman–Crippen MR) is 172 cm³/mol. The van der Waals surface area contributed by atoms with Gasteiger partial charge in [-0.15, -0.1) is 0 Å². The molecule has 10 heteroatoms. The maximum Gasteiger partial charge on any atom is 0.410 e. The molecule has 3 heterocycles. The number of hydrogen-bond donors (Lipinski definition) is 1. The van der Waals surface area contributed by atoms with Gasteiger partial charge in [-0.2, -0.15) is 5.10 Å². The summed E-state index contributed by atoms with van der Waals surface area (Å²) in [5.41, 5.74) is 1.16. The first-order chi connectivity index (χ1) is 21.7. The summed E-state index contributed by atoms with van der Waals surface area (Å²) in [6.45, 7) is 7.20. The van der Waals surface area contributed by atoms with E-state index in [1.165, 1.54) is 0 Å². The quantitative estimate of drug-likeness (QED) is 0.184. The number of carbonyl (C=O) groups excluding carboxylic acids is 1. The Balaban J connectivity index is 1.30. The molecule has 1 fully saturated rings. The number of carbonyl (C=O) groups is 1. The number of anilines is 1. The van der Waals surface area contributed by atoms with Gasteiger partial charge < -0.3 is 29.2 Å². The highest BCUT2D eigenvalue weighted by atomic mass is 16.6. The van der Waals surface area contributed by atoms with E-state index in [9.17, 15) is 4.79 Å². The van der Waals surface area contributed by atoms with E-state index in [2.05, 4.69) is 5.32 Å². The zero-order valence-corrected chi connectivity index (χ0v) is 25.9. The van der Waals surface area contributed by atoms with Crippen LogP contribution in [0.2, 0.25) is 0 Å². The second kappa shape index (κ2) is 12.8. The second-order valence-corrected chi connectivity index (χ2v) is 11.9. The van der Waals surface area contributed by atoms with Gasteiger partial charge in [-0.1, -0.05) is 36.4 Å². The fourth-order valence-electron chi connectivity index (χ4n) is 5.19. The van der Waals surface area contributed by atoms with Crippen LogP contribution in [0.15, 0.2) is 91.1 Å². The molecule has 1 amide bonds. The van der Waals surface area contributed by atoms with Crippen molar-refractivity contribution in [1.82, 2.24) is 19.7 Å². The number of likely N-dealkylation sites (tertiary alicyclic amines) is 1. The molecule has 3 aromatic carbocycles. The Kier molecular flexibility index (Phi) is 8.46. The molecule has 10 nitrogen and oxygen atoms in total. The van der Waals surface area contributed by atoms with E-state index in [1.807, 2.05) is 110 Å². The van der Waals surface area contributed by atoms with Gasteiger partial charge in [-0.05, 0) is 69.2 Å². The van der Waals surface area contributed by atoms with Crippen LogP contribution >= 0.6 is 0 Å². The van der Waals surface area contributed by atoms with Crippen molar-refractivity contribution in [2.45, 2.75) is 45.4 Å². The van der Waals surface area contributed by atoms with Crippen molar-refractivity contribution in [2.24, 2.45) is 0 Å². The van der Waals surface area contributed by atoms with Crippen LogP contribution in [0.1, 0.15) is 32.8 Å². The lowest BCUT2D eigenvalue weighted by Gasteiger charge is -2.24. The van der Waals surface area contributed by atoms with E-state index < -0.39 is 5.60 Å². The molecular weight excluding hydrogens is 570 g/mol. The maximum absolute atomic E-state index is 12.7. The van der Waals surface area contributed by atoms with Gasteiger partial charge in [-0.25, -0.2) is 14.5 Å². The molecule has 232 valence electrons. The molecule has 0 radical (unpaired) electrons. The Hall–Kier alpha value is -5.25. The molecule has 6 rings (SSSR count). The number of nitrogens with zero attached hydrogens (tertiary/aromatic N) is 4. The van der Waals surface area contributed by atoms with E-state index in [4.69, 9.17) is 29.0 Å². The third-order valence-electron chi connectivity index (χ3n) is 7.28. The Bertz CT molecular complexity index is 1770. The first-order valence-corrected chi connectivity index (χ1v) is 15.0. The van der Waals surface area contributed by atoms with Gasteiger partial charge >= 0.3 is 6.09 Å². The lowest BCUT2D eigenvalue weighted by Crippen LogP contribution is -2.36. The SMILES string of the molecule is COc1ccc(Cn2nc(NC3CCN(C(=O)OC(C)(C)C)C3)c3c(Oc4cccc(Oc5ccccc5)c4)ccnc32)cc1. The van der Waals surface area contributed by atoms with E-state index in [0.29, 0.717) is 48.3 Å². The Labute approximate surface area is 262 Å². The number of fused-ring (bicyclic) bond motifs is 1. The Morgan fingerprint density at radius 2 is 1.64 bits per heavy atom. The van der Waals surface area contributed by atoms with Crippen LogP contribution in [0.5, 0.6) is 28.7 Å². The number of nitrogens with one attached hydrogen (secondary N) is 1. The topological polar surface area (TPSA) is 100.0 Å². The number of ether oxygens (including phenoxy) is 4. The number of rotatable bonds is 9. The third-order valence-corrected chi connectivity index (χ3v) is 7.28. The van der Waals surface area contributed by atoms with Crippen LogP contribution < -0.4 is 19.5 Å². The zero-order valence-electron chi connectivity index (χ0n) is 25.9. The minimum atomic E-state index is -0.555. The van der Waals surface area contributed by atoms with Crippen LogP contribution in [-0.4, -0.2) is 57.6 Å². The summed E-state index contributed by atoms with van der Waals surface area (Å²) in [5, 5.41) is 9.29. The molecule has 1 unspecified atom stereocenters. The van der Waals surface area contributed by atoms with Crippen molar-refractivity contribution in [3.8, 4) is 28.7 Å². The van der Waals surface area contributed by atoms with Gasteiger partial charge in [0.2, 0.25) is 0 Å². The third kappa shape index (κ3) is 7.29. The smallest absolute Gasteiger partial charge is 0.410 e. The lowest BCUT2D eigenvalue weighted by atomic mass is 10.2. The number of hydrogen-bond acceptors (Lipinski definition) is 8. The lowest BCUT2D eigenvalue weighted by molar-refractivity contribution is 0.0293. The normalized spacial score (nSPS) is 14.8. The minimum Gasteiger partial charge on any atom is -0.497 e. The van der Waals surface area contributed by atoms with E-state index in [1.54, 1.807) is 18.2 Å². The Morgan fingerprint density at radius 3 is 2.38 bits per heavy atom. The Morgan fingerprint density at radius 1 is 0.911 bits per heavy atom. The van der Waals surface area contributed by atoms with Gasteiger partial charge in [-0.3, -0.25) is 0 Å². The van der Waals surface area contributed by atoms with Crippen molar-refractivity contribution in [2.75, 3.05) is 25.5 Å². The summed E-state index contributed by atoms with van der Waals surface area (Å²) in [7, 11) is 1.65. The standard InChI is InChI=1S/C35H37N5O5/c1-35(2,3)45-34(41)39-20-18-25(23-39)37-32-31-30(44-29-12-8-11-28(21-29)43-27-9-6-5-7-10-27)17-19-36-33(31)40(38-32)22-24-13-15-26(42-4)16-14-24/h5-17,19,21,25H,18,20,22-23H2,1-4H3,(H,37,38). The number of benzene rings is 3. The highest BCUT2D eigenvalue weighted by Crippen LogP contribution is 2.36. The summed E-state index contributed by atoms with van der Waals surface area (Å²) in [4.78, 5) is 19.2. The molecule has 0 spiro atoms. The highest BCUT2D eigenvalue weighted by Gasteiger charge is 2.31. The number of para-hydroxylation sites is 1. The van der Waals surface area contributed by atoms with Crippen LogP contribution in [0, 0.1) is 0 Å². The molecule has 0 bridgehead atoms. The zero-order chi connectivity index (χ0) is 31.4. The molecular formula is C35H37N5O5. The van der Waals surface area contributed by atoms with Gasteiger partial charge in [0.25, 0.3) is 0 Å². The van der Waals surface area contributed by atoms with Crippen LogP contribution in [-0.2, 0) is 11.3 Å². The van der Waals surface area contributed by atoms with E-state index in [-0.39, 0.29) is 12.1 Å². The molecule has 1 atom stereocenters. The summed E-state index contributed by atoms with van der Waals surface area (Å²) in [6, 6.07) is 26.8. The van der Waals surface area contributed by atoms with Crippen LogP contribution in [0.3, 0.4) is 0 Å². The average molecular weight is 608 g/mol. The second-order valence-electron chi connectivity index (χ2n) is 11.9. The molecule has 2 aromatic heterocycles. The number of pyridine rings is 1. The van der Waals surface area contributed by atoms with E-state index >= 15 is 0 Å². The molecule has 1 aliphatic rings.